The zero-order valence-electron chi connectivity index (χ0n) is 12.0. The quantitative estimate of drug-likeness (QED) is 0.830. The Labute approximate surface area is 130 Å². The monoisotopic (exact) mass is 322 g/mol. The molecule has 21 heavy (non-hydrogen) atoms. The van der Waals surface area contributed by atoms with Crippen molar-refractivity contribution in [3.05, 3.63) is 42.5 Å². The molecule has 0 saturated heterocycles. The van der Waals surface area contributed by atoms with Crippen LogP contribution in [0.25, 0.3) is 10.8 Å². The van der Waals surface area contributed by atoms with E-state index in [2.05, 4.69) is 4.72 Å². The summed E-state index contributed by atoms with van der Waals surface area (Å²) < 4.78 is 28.0. The minimum atomic E-state index is -3.72. The van der Waals surface area contributed by atoms with E-state index in [1.165, 1.54) is 0 Å². The van der Waals surface area contributed by atoms with Crippen LogP contribution in [0.5, 0.6) is 0 Å². The Morgan fingerprint density at radius 3 is 2.48 bits per heavy atom. The highest BCUT2D eigenvalue weighted by Crippen LogP contribution is 2.24. The molecule has 112 valence electrons. The Morgan fingerprint density at radius 2 is 1.86 bits per heavy atom. The first-order valence-corrected chi connectivity index (χ1v) is 8.51. The second-order valence-corrected chi connectivity index (χ2v) is 7.22. The number of sulfonamides is 1. The van der Waals surface area contributed by atoms with E-state index in [4.69, 9.17) is 18.0 Å². The van der Waals surface area contributed by atoms with Gasteiger partial charge < -0.3 is 5.73 Å². The van der Waals surface area contributed by atoms with E-state index in [9.17, 15) is 8.42 Å². The molecule has 4 nitrogen and oxygen atoms in total. The van der Waals surface area contributed by atoms with Crippen molar-refractivity contribution in [1.82, 2.24) is 4.72 Å². The minimum absolute atomic E-state index is 0.133. The third-order valence-corrected chi connectivity index (χ3v) is 5.75. The molecule has 0 aliphatic rings. The van der Waals surface area contributed by atoms with Gasteiger partial charge in [-0.05, 0) is 24.8 Å². The van der Waals surface area contributed by atoms with Crippen molar-refractivity contribution in [3.8, 4) is 0 Å². The molecular weight excluding hydrogens is 304 g/mol. The molecule has 1 unspecified atom stereocenters. The zero-order valence-corrected chi connectivity index (χ0v) is 13.6. The van der Waals surface area contributed by atoms with Crippen LogP contribution in [0.3, 0.4) is 0 Å². The van der Waals surface area contributed by atoms with Crippen molar-refractivity contribution in [2.75, 3.05) is 0 Å². The van der Waals surface area contributed by atoms with Gasteiger partial charge in [-0.15, -0.1) is 0 Å². The maximum absolute atomic E-state index is 12.7. The Morgan fingerprint density at radius 1 is 1.24 bits per heavy atom. The van der Waals surface area contributed by atoms with Gasteiger partial charge in [-0.1, -0.05) is 55.5 Å². The summed E-state index contributed by atoms with van der Waals surface area (Å²) in [6, 6.07) is 12.5. The average molecular weight is 322 g/mol. The van der Waals surface area contributed by atoms with E-state index in [1.807, 2.05) is 31.2 Å². The fraction of sp³-hybridized carbons (Fsp3) is 0.267. The van der Waals surface area contributed by atoms with Crippen LogP contribution in [-0.2, 0) is 10.0 Å². The third-order valence-electron chi connectivity index (χ3n) is 3.65. The van der Waals surface area contributed by atoms with Crippen LogP contribution in [0.1, 0.15) is 20.3 Å². The third kappa shape index (κ3) is 3.07. The fourth-order valence-corrected chi connectivity index (χ4v) is 4.03. The van der Waals surface area contributed by atoms with Gasteiger partial charge in [0.05, 0.1) is 15.4 Å². The highest BCUT2D eigenvalue weighted by molar-refractivity contribution is 7.90. The Kier molecular flexibility index (Phi) is 4.32. The fourth-order valence-electron chi connectivity index (χ4n) is 2.08. The normalized spacial score (nSPS) is 14.8. The van der Waals surface area contributed by atoms with Gasteiger partial charge in [0.25, 0.3) is 0 Å². The molecule has 0 fully saturated rings. The van der Waals surface area contributed by atoms with Gasteiger partial charge in [-0.2, -0.15) is 4.72 Å². The number of benzene rings is 2. The Hall–Kier alpha value is -1.50. The van der Waals surface area contributed by atoms with E-state index < -0.39 is 15.6 Å². The maximum atomic E-state index is 12.7. The van der Waals surface area contributed by atoms with Gasteiger partial charge in [-0.25, -0.2) is 8.42 Å². The van der Waals surface area contributed by atoms with E-state index in [0.717, 1.165) is 5.39 Å². The number of nitrogens with one attached hydrogen (secondary N) is 1. The molecule has 0 heterocycles. The summed E-state index contributed by atoms with van der Waals surface area (Å²) in [6.45, 7) is 3.53. The van der Waals surface area contributed by atoms with Crippen LogP contribution in [0.2, 0.25) is 0 Å². The van der Waals surface area contributed by atoms with E-state index >= 15 is 0 Å². The number of rotatable bonds is 5. The highest BCUT2D eigenvalue weighted by atomic mass is 32.2. The predicted molar refractivity (Wildman–Crippen MR) is 89.8 cm³/mol. The standard InChI is InChI=1S/C15H18N2O2S2/c1-3-15(2,14(16)20)17-21(18,19)13-10-6-8-11-7-4-5-9-12(11)13/h4-10,17H,3H2,1-2H3,(H2,16,20). The number of nitrogens with two attached hydrogens (primary N) is 1. The van der Waals surface area contributed by atoms with Gasteiger partial charge in [-0.3, -0.25) is 0 Å². The van der Waals surface area contributed by atoms with Gasteiger partial charge in [0.2, 0.25) is 10.0 Å². The molecule has 0 radical (unpaired) electrons. The molecule has 0 aliphatic heterocycles. The molecule has 0 amide bonds. The SMILES string of the molecule is CCC(C)(NS(=O)(=O)c1cccc2ccccc12)C(N)=S. The van der Waals surface area contributed by atoms with E-state index in [0.29, 0.717) is 11.8 Å². The molecule has 2 aromatic carbocycles. The second-order valence-electron chi connectivity index (χ2n) is 5.13. The first kappa shape index (κ1) is 15.9. The summed E-state index contributed by atoms with van der Waals surface area (Å²) in [5.41, 5.74) is 4.74. The van der Waals surface area contributed by atoms with Gasteiger partial charge >= 0.3 is 0 Å². The Balaban J connectivity index is 2.55. The lowest BCUT2D eigenvalue weighted by Gasteiger charge is -2.28. The molecule has 2 aromatic rings. The summed E-state index contributed by atoms with van der Waals surface area (Å²) in [7, 11) is -3.72. The van der Waals surface area contributed by atoms with Crippen LogP contribution in [0, 0.1) is 0 Å². The minimum Gasteiger partial charge on any atom is -0.392 e. The largest absolute Gasteiger partial charge is 0.392 e. The van der Waals surface area contributed by atoms with Crippen LogP contribution in [0.4, 0.5) is 0 Å². The lowest BCUT2D eigenvalue weighted by molar-refractivity contribution is 0.512. The lowest BCUT2D eigenvalue weighted by atomic mass is 10.0. The molecule has 2 rings (SSSR count). The Bertz CT molecular complexity index is 782. The molecule has 6 heteroatoms. The van der Waals surface area contributed by atoms with Crippen molar-refractivity contribution in [2.45, 2.75) is 30.7 Å². The van der Waals surface area contributed by atoms with Crippen LogP contribution >= 0.6 is 12.2 Å². The number of hydrogen-bond donors (Lipinski definition) is 2. The van der Waals surface area contributed by atoms with Crippen molar-refractivity contribution in [3.63, 3.8) is 0 Å². The summed E-state index contributed by atoms with van der Waals surface area (Å²) in [4.78, 5) is 0.366. The second kappa shape index (κ2) is 5.71. The van der Waals surface area contributed by atoms with Crippen LogP contribution in [0.15, 0.2) is 47.4 Å². The zero-order chi connectivity index (χ0) is 15.7. The van der Waals surface area contributed by atoms with Crippen LogP contribution in [-0.4, -0.2) is 18.9 Å². The van der Waals surface area contributed by atoms with E-state index in [-0.39, 0.29) is 9.88 Å². The molecule has 0 aromatic heterocycles. The summed E-state index contributed by atoms with van der Waals surface area (Å²) >= 11 is 4.99. The number of thiocarbonyl (C=S) groups is 1. The lowest BCUT2D eigenvalue weighted by Crippen LogP contribution is -2.53. The molecule has 3 N–H and O–H groups in total. The first-order valence-electron chi connectivity index (χ1n) is 6.62. The van der Waals surface area contributed by atoms with Gasteiger partial charge in [0, 0.05) is 5.39 Å². The molecular formula is C15H18N2O2S2. The molecule has 0 spiro atoms. The number of fused-ring (bicyclic) bond motifs is 1. The smallest absolute Gasteiger partial charge is 0.242 e. The molecule has 0 bridgehead atoms. The summed E-state index contributed by atoms with van der Waals surface area (Å²) in [5, 5.41) is 1.54. The summed E-state index contributed by atoms with van der Waals surface area (Å²) in [6.07, 6.45) is 0.479. The van der Waals surface area contributed by atoms with Crippen molar-refractivity contribution < 1.29 is 8.42 Å². The highest BCUT2D eigenvalue weighted by Gasteiger charge is 2.32. The van der Waals surface area contributed by atoms with Gasteiger partial charge in [0.15, 0.2) is 0 Å². The van der Waals surface area contributed by atoms with Crippen LogP contribution < -0.4 is 10.5 Å². The number of hydrogen-bond acceptors (Lipinski definition) is 3. The summed E-state index contributed by atoms with van der Waals surface area (Å²) in [5.74, 6) is 0. The van der Waals surface area contributed by atoms with Crippen molar-refractivity contribution in [1.29, 1.82) is 0 Å². The molecule has 1 atom stereocenters. The maximum Gasteiger partial charge on any atom is 0.242 e. The molecule has 0 saturated carbocycles. The van der Waals surface area contributed by atoms with Crippen molar-refractivity contribution in [2.24, 2.45) is 5.73 Å². The topological polar surface area (TPSA) is 72.2 Å². The predicted octanol–water partition coefficient (Wildman–Crippen LogP) is 2.57. The van der Waals surface area contributed by atoms with Gasteiger partial charge in [0.1, 0.15) is 0 Å². The van der Waals surface area contributed by atoms with E-state index in [1.54, 1.807) is 25.1 Å². The average Bonchev–Trinajstić information content (AvgIpc) is 2.45. The van der Waals surface area contributed by atoms with Crippen molar-refractivity contribution >= 4 is 38.0 Å². The first-order chi connectivity index (χ1) is 9.80. The molecule has 0 aliphatic carbocycles.